The molecule has 1 aliphatic rings. The second kappa shape index (κ2) is 8.14. The largest absolute Gasteiger partial charge is 0.378 e. The summed E-state index contributed by atoms with van der Waals surface area (Å²) in [4.78, 5) is 26.3. The van der Waals surface area contributed by atoms with E-state index in [1.165, 1.54) is 0 Å². The van der Waals surface area contributed by atoms with Gasteiger partial charge in [0, 0.05) is 29.4 Å². The SMILES string of the molecule is O=C(Cc1ccccc1Cl)Nc1ccc(C(=O)N2CCOCC2)cc1. The second-order valence-corrected chi connectivity index (χ2v) is 6.21. The van der Waals surface area contributed by atoms with Crippen LogP contribution in [0.4, 0.5) is 5.69 Å². The van der Waals surface area contributed by atoms with Gasteiger partial charge >= 0.3 is 0 Å². The van der Waals surface area contributed by atoms with Crippen LogP contribution in [0.5, 0.6) is 0 Å². The maximum absolute atomic E-state index is 12.4. The molecule has 1 aliphatic heterocycles. The third-order valence-electron chi connectivity index (χ3n) is 4.02. The molecule has 0 bridgehead atoms. The Bertz CT molecular complexity index is 756. The predicted octanol–water partition coefficient (Wildman–Crippen LogP) is 2.99. The van der Waals surface area contributed by atoms with Gasteiger partial charge in [-0.1, -0.05) is 29.8 Å². The van der Waals surface area contributed by atoms with Crippen LogP contribution in [-0.2, 0) is 16.0 Å². The Morgan fingerprint density at radius 1 is 1.04 bits per heavy atom. The monoisotopic (exact) mass is 358 g/mol. The van der Waals surface area contributed by atoms with E-state index >= 15 is 0 Å². The summed E-state index contributed by atoms with van der Waals surface area (Å²) in [6.45, 7) is 2.36. The summed E-state index contributed by atoms with van der Waals surface area (Å²) in [5.41, 5.74) is 2.03. The number of nitrogens with zero attached hydrogens (tertiary/aromatic N) is 1. The van der Waals surface area contributed by atoms with E-state index in [-0.39, 0.29) is 18.2 Å². The summed E-state index contributed by atoms with van der Waals surface area (Å²) in [6.07, 6.45) is 0.203. The molecule has 2 amide bonds. The van der Waals surface area contributed by atoms with Crippen molar-refractivity contribution in [2.75, 3.05) is 31.6 Å². The average Bonchev–Trinajstić information content (AvgIpc) is 2.64. The van der Waals surface area contributed by atoms with Crippen LogP contribution in [0, 0.1) is 0 Å². The van der Waals surface area contributed by atoms with Crippen molar-refractivity contribution < 1.29 is 14.3 Å². The molecule has 6 heteroatoms. The molecule has 0 aromatic heterocycles. The fourth-order valence-electron chi connectivity index (χ4n) is 2.67. The first-order valence-electron chi connectivity index (χ1n) is 8.14. The summed E-state index contributed by atoms with van der Waals surface area (Å²) >= 11 is 6.07. The van der Waals surface area contributed by atoms with Crippen LogP contribution in [0.15, 0.2) is 48.5 Å². The zero-order valence-electron chi connectivity index (χ0n) is 13.7. The number of ether oxygens (including phenoxy) is 1. The summed E-state index contributed by atoms with van der Waals surface area (Å²) in [5.74, 6) is -0.169. The van der Waals surface area contributed by atoms with E-state index < -0.39 is 0 Å². The molecule has 25 heavy (non-hydrogen) atoms. The van der Waals surface area contributed by atoms with E-state index in [1.54, 1.807) is 35.2 Å². The van der Waals surface area contributed by atoms with Crippen molar-refractivity contribution in [2.45, 2.75) is 6.42 Å². The second-order valence-electron chi connectivity index (χ2n) is 5.80. The Hall–Kier alpha value is -2.37. The number of benzene rings is 2. The number of hydrogen-bond acceptors (Lipinski definition) is 3. The van der Waals surface area contributed by atoms with Crippen LogP contribution in [0.2, 0.25) is 5.02 Å². The van der Waals surface area contributed by atoms with Gasteiger partial charge in [0.2, 0.25) is 5.91 Å². The van der Waals surface area contributed by atoms with E-state index in [0.717, 1.165) is 5.56 Å². The minimum absolute atomic E-state index is 0.0164. The third-order valence-corrected chi connectivity index (χ3v) is 4.39. The van der Waals surface area contributed by atoms with Gasteiger partial charge in [-0.2, -0.15) is 0 Å². The van der Waals surface area contributed by atoms with Gasteiger partial charge in [0.05, 0.1) is 19.6 Å². The highest BCUT2D eigenvalue weighted by molar-refractivity contribution is 6.31. The van der Waals surface area contributed by atoms with Gasteiger partial charge in [0.15, 0.2) is 0 Å². The van der Waals surface area contributed by atoms with Crippen LogP contribution in [0.3, 0.4) is 0 Å². The molecule has 2 aromatic rings. The molecule has 1 N–H and O–H groups in total. The number of hydrogen-bond donors (Lipinski definition) is 1. The van der Waals surface area contributed by atoms with Crippen molar-refractivity contribution in [3.8, 4) is 0 Å². The van der Waals surface area contributed by atoms with Crippen molar-refractivity contribution in [3.05, 3.63) is 64.7 Å². The molecule has 2 aromatic carbocycles. The van der Waals surface area contributed by atoms with Crippen molar-refractivity contribution in [3.63, 3.8) is 0 Å². The van der Waals surface area contributed by atoms with E-state index in [2.05, 4.69) is 5.32 Å². The van der Waals surface area contributed by atoms with Gasteiger partial charge in [-0.25, -0.2) is 0 Å². The number of nitrogens with one attached hydrogen (secondary N) is 1. The fourth-order valence-corrected chi connectivity index (χ4v) is 2.87. The maximum Gasteiger partial charge on any atom is 0.254 e. The number of halogens is 1. The lowest BCUT2D eigenvalue weighted by molar-refractivity contribution is -0.115. The van der Waals surface area contributed by atoms with E-state index in [4.69, 9.17) is 16.3 Å². The molecular formula is C19H19ClN2O3. The van der Waals surface area contributed by atoms with Gasteiger partial charge < -0.3 is 15.0 Å². The highest BCUT2D eigenvalue weighted by Gasteiger charge is 2.18. The fraction of sp³-hybridized carbons (Fsp3) is 0.263. The lowest BCUT2D eigenvalue weighted by Crippen LogP contribution is -2.40. The number of rotatable bonds is 4. The molecule has 0 saturated carbocycles. The Labute approximate surface area is 151 Å². The standard InChI is InChI=1S/C19H19ClN2O3/c20-17-4-2-1-3-15(17)13-18(23)21-16-7-5-14(6-8-16)19(24)22-9-11-25-12-10-22/h1-8H,9-13H2,(H,21,23). The Morgan fingerprint density at radius 3 is 2.40 bits per heavy atom. The predicted molar refractivity (Wildman–Crippen MR) is 97.0 cm³/mol. The van der Waals surface area contributed by atoms with Crippen LogP contribution >= 0.6 is 11.6 Å². The van der Waals surface area contributed by atoms with Gasteiger partial charge in [-0.3, -0.25) is 9.59 Å². The van der Waals surface area contributed by atoms with E-state index in [0.29, 0.717) is 42.6 Å². The molecule has 3 rings (SSSR count). The van der Waals surface area contributed by atoms with Gasteiger partial charge in [0.25, 0.3) is 5.91 Å². The smallest absolute Gasteiger partial charge is 0.254 e. The summed E-state index contributed by atoms with van der Waals surface area (Å²) < 4.78 is 5.26. The first-order chi connectivity index (χ1) is 12.1. The molecule has 5 nitrogen and oxygen atoms in total. The van der Waals surface area contributed by atoms with Crippen molar-refractivity contribution in [1.29, 1.82) is 0 Å². The molecule has 1 saturated heterocycles. The van der Waals surface area contributed by atoms with Crippen LogP contribution in [0.1, 0.15) is 15.9 Å². The van der Waals surface area contributed by atoms with E-state index in [9.17, 15) is 9.59 Å². The number of morpholine rings is 1. The average molecular weight is 359 g/mol. The Kier molecular flexibility index (Phi) is 5.68. The molecule has 1 heterocycles. The minimum Gasteiger partial charge on any atom is -0.378 e. The lowest BCUT2D eigenvalue weighted by atomic mass is 10.1. The first kappa shape index (κ1) is 17.5. The maximum atomic E-state index is 12.4. The zero-order valence-corrected chi connectivity index (χ0v) is 14.5. The lowest BCUT2D eigenvalue weighted by Gasteiger charge is -2.26. The molecule has 0 aliphatic carbocycles. The minimum atomic E-state index is -0.152. The van der Waals surface area contributed by atoms with Crippen molar-refractivity contribution >= 4 is 29.1 Å². The van der Waals surface area contributed by atoms with Crippen molar-refractivity contribution in [1.82, 2.24) is 4.90 Å². The quantitative estimate of drug-likeness (QED) is 0.914. The number of carbonyl (C=O) groups excluding carboxylic acids is 2. The Morgan fingerprint density at radius 2 is 1.72 bits per heavy atom. The molecular weight excluding hydrogens is 340 g/mol. The summed E-state index contributed by atoms with van der Waals surface area (Å²) in [7, 11) is 0. The highest BCUT2D eigenvalue weighted by atomic mass is 35.5. The first-order valence-corrected chi connectivity index (χ1v) is 8.51. The number of anilines is 1. The van der Waals surface area contributed by atoms with Crippen LogP contribution in [-0.4, -0.2) is 43.0 Å². The van der Waals surface area contributed by atoms with Gasteiger partial charge in [0.1, 0.15) is 0 Å². The van der Waals surface area contributed by atoms with Crippen LogP contribution < -0.4 is 5.32 Å². The van der Waals surface area contributed by atoms with Crippen molar-refractivity contribution in [2.24, 2.45) is 0 Å². The summed E-state index contributed by atoms with van der Waals surface area (Å²) in [6, 6.07) is 14.2. The molecule has 0 unspecified atom stereocenters. The molecule has 0 spiro atoms. The highest BCUT2D eigenvalue weighted by Crippen LogP contribution is 2.17. The van der Waals surface area contributed by atoms with Crippen LogP contribution in [0.25, 0.3) is 0 Å². The molecule has 0 atom stereocenters. The zero-order chi connectivity index (χ0) is 17.6. The molecule has 130 valence electrons. The third kappa shape index (κ3) is 4.59. The van der Waals surface area contributed by atoms with Gasteiger partial charge in [-0.15, -0.1) is 0 Å². The Balaban J connectivity index is 1.59. The molecule has 0 radical (unpaired) electrons. The summed E-state index contributed by atoms with van der Waals surface area (Å²) in [5, 5.41) is 3.39. The topological polar surface area (TPSA) is 58.6 Å². The number of carbonyl (C=O) groups is 2. The normalized spacial score (nSPS) is 14.2. The number of amides is 2. The van der Waals surface area contributed by atoms with Gasteiger partial charge in [-0.05, 0) is 35.9 Å². The van der Waals surface area contributed by atoms with E-state index in [1.807, 2.05) is 18.2 Å². The molecule has 1 fully saturated rings.